The normalized spacial score (nSPS) is 10.8. The fourth-order valence-electron chi connectivity index (χ4n) is 3.63. The molecule has 8 heteroatoms. The molecule has 0 aliphatic carbocycles. The molecule has 35 heavy (non-hydrogen) atoms. The summed E-state index contributed by atoms with van der Waals surface area (Å²) in [6.45, 7) is 2.48. The minimum absolute atomic E-state index is 0.0808. The Labute approximate surface area is 206 Å². The van der Waals surface area contributed by atoms with Crippen molar-refractivity contribution in [3.63, 3.8) is 0 Å². The number of rotatable bonds is 9. The Kier molecular flexibility index (Phi) is 7.72. The average Bonchev–Trinajstić information content (AvgIpc) is 3.51. The Morgan fingerprint density at radius 2 is 1.51 bits per heavy atom. The lowest BCUT2D eigenvalue weighted by molar-refractivity contribution is -0.133. The number of aryl methyl sites for hydroxylation is 1. The molecule has 180 valence electrons. The lowest BCUT2D eigenvalue weighted by Gasteiger charge is -2.27. The van der Waals surface area contributed by atoms with Crippen LogP contribution in [0.2, 0.25) is 0 Å². The molecule has 0 N–H and O–H groups in total. The van der Waals surface area contributed by atoms with Crippen molar-refractivity contribution < 1.29 is 22.8 Å². The fourth-order valence-corrected chi connectivity index (χ4v) is 4.54. The van der Waals surface area contributed by atoms with Gasteiger partial charge in [0.1, 0.15) is 23.9 Å². The van der Waals surface area contributed by atoms with Gasteiger partial charge in [-0.1, -0.05) is 12.1 Å². The van der Waals surface area contributed by atoms with E-state index in [1.54, 1.807) is 40.5 Å². The number of carbonyl (C=O) groups is 2. The molecule has 0 radical (unpaired) electrons. The van der Waals surface area contributed by atoms with Crippen LogP contribution in [0.15, 0.2) is 83.5 Å². The highest BCUT2D eigenvalue weighted by Crippen LogP contribution is 2.20. The summed E-state index contributed by atoms with van der Waals surface area (Å²) in [4.78, 5) is 31.9. The lowest BCUT2D eigenvalue weighted by Crippen LogP contribution is -2.42. The van der Waals surface area contributed by atoms with Gasteiger partial charge in [0.05, 0.1) is 19.4 Å². The van der Waals surface area contributed by atoms with Gasteiger partial charge in [0.25, 0.3) is 5.91 Å². The molecule has 2 heterocycles. The zero-order valence-corrected chi connectivity index (χ0v) is 19.9. The third-order valence-corrected chi connectivity index (χ3v) is 6.40. The van der Waals surface area contributed by atoms with Gasteiger partial charge in [-0.25, -0.2) is 8.78 Å². The van der Waals surface area contributed by atoms with Crippen LogP contribution >= 0.6 is 11.3 Å². The van der Waals surface area contributed by atoms with E-state index in [0.717, 1.165) is 15.3 Å². The van der Waals surface area contributed by atoms with Gasteiger partial charge in [0, 0.05) is 21.9 Å². The molecule has 0 saturated heterocycles. The van der Waals surface area contributed by atoms with Gasteiger partial charge in [0.2, 0.25) is 5.91 Å². The summed E-state index contributed by atoms with van der Waals surface area (Å²) in [7, 11) is 0. The molecule has 4 aromatic rings. The van der Waals surface area contributed by atoms with Crippen molar-refractivity contribution in [2.75, 3.05) is 6.54 Å². The van der Waals surface area contributed by atoms with E-state index in [0.29, 0.717) is 12.3 Å². The molecular formula is C27H24F2N2O3S. The molecule has 5 nitrogen and oxygen atoms in total. The Morgan fingerprint density at radius 1 is 0.829 bits per heavy atom. The molecule has 2 aromatic heterocycles. The molecule has 0 aliphatic heterocycles. The van der Waals surface area contributed by atoms with E-state index < -0.39 is 11.7 Å². The van der Waals surface area contributed by atoms with E-state index in [9.17, 15) is 18.4 Å². The van der Waals surface area contributed by atoms with Crippen molar-refractivity contribution in [2.24, 2.45) is 0 Å². The Bertz CT molecular complexity index is 1270. The van der Waals surface area contributed by atoms with Gasteiger partial charge in [-0.05, 0) is 73.2 Å². The quantitative estimate of drug-likeness (QED) is 0.296. The van der Waals surface area contributed by atoms with E-state index in [1.165, 1.54) is 47.6 Å². The topological polar surface area (TPSA) is 53.8 Å². The van der Waals surface area contributed by atoms with Crippen LogP contribution in [-0.2, 0) is 24.4 Å². The standard InChI is InChI=1S/C27H24F2N2O3S/c1-19-4-13-25(35-19)17-30(15-20-5-9-22(28)10-6-20)26(32)18-31(16-24-3-2-14-34-24)27(33)21-7-11-23(29)12-8-21/h2-14H,15-18H2,1H3. The minimum Gasteiger partial charge on any atom is -0.467 e. The summed E-state index contributed by atoms with van der Waals surface area (Å²) in [6, 6.07) is 18.6. The lowest BCUT2D eigenvalue weighted by atomic mass is 10.1. The van der Waals surface area contributed by atoms with Gasteiger partial charge in [-0.3, -0.25) is 9.59 Å². The van der Waals surface area contributed by atoms with Gasteiger partial charge >= 0.3 is 0 Å². The van der Waals surface area contributed by atoms with Crippen LogP contribution in [0.1, 0.15) is 31.4 Å². The van der Waals surface area contributed by atoms with Crippen molar-refractivity contribution in [1.82, 2.24) is 9.80 Å². The predicted molar refractivity (Wildman–Crippen MR) is 130 cm³/mol. The average molecular weight is 495 g/mol. The van der Waals surface area contributed by atoms with E-state index >= 15 is 0 Å². The number of hydrogen-bond donors (Lipinski definition) is 0. The number of carbonyl (C=O) groups excluding carboxylic acids is 2. The Balaban J connectivity index is 1.58. The molecule has 0 unspecified atom stereocenters. The maximum absolute atomic E-state index is 13.5. The number of hydrogen-bond acceptors (Lipinski definition) is 4. The largest absolute Gasteiger partial charge is 0.467 e. The summed E-state index contributed by atoms with van der Waals surface area (Å²) in [5.74, 6) is -0.972. The number of amides is 2. The van der Waals surface area contributed by atoms with Gasteiger partial charge in [-0.15, -0.1) is 11.3 Å². The van der Waals surface area contributed by atoms with Crippen molar-refractivity contribution >= 4 is 23.2 Å². The van der Waals surface area contributed by atoms with Crippen molar-refractivity contribution in [3.05, 3.63) is 117 Å². The molecule has 2 amide bonds. The number of halogens is 2. The van der Waals surface area contributed by atoms with Crippen LogP contribution in [0.25, 0.3) is 0 Å². The molecule has 4 rings (SSSR count). The second-order valence-electron chi connectivity index (χ2n) is 8.14. The molecule has 0 saturated carbocycles. The van der Waals surface area contributed by atoms with Crippen molar-refractivity contribution in [1.29, 1.82) is 0 Å². The highest BCUT2D eigenvalue weighted by molar-refractivity contribution is 7.11. The first kappa shape index (κ1) is 24.3. The molecule has 0 fully saturated rings. The monoisotopic (exact) mass is 494 g/mol. The molecule has 0 bridgehead atoms. The van der Waals surface area contributed by atoms with Crippen LogP contribution in [0, 0.1) is 18.6 Å². The van der Waals surface area contributed by atoms with Crippen molar-refractivity contribution in [2.45, 2.75) is 26.6 Å². The van der Waals surface area contributed by atoms with Gasteiger partial charge < -0.3 is 14.2 Å². The van der Waals surface area contributed by atoms with E-state index in [4.69, 9.17) is 4.42 Å². The molecular weight excluding hydrogens is 470 g/mol. The summed E-state index contributed by atoms with van der Waals surface area (Å²) in [6.07, 6.45) is 1.50. The van der Waals surface area contributed by atoms with E-state index in [2.05, 4.69) is 0 Å². The second kappa shape index (κ2) is 11.1. The Morgan fingerprint density at radius 3 is 2.11 bits per heavy atom. The number of nitrogens with zero attached hydrogens (tertiary/aromatic N) is 2. The zero-order valence-electron chi connectivity index (χ0n) is 19.1. The van der Waals surface area contributed by atoms with E-state index in [1.807, 2.05) is 19.1 Å². The predicted octanol–water partition coefficient (Wildman–Crippen LogP) is 5.80. The first-order chi connectivity index (χ1) is 16.9. The van der Waals surface area contributed by atoms with Crippen LogP contribution in [0.3, 0.4) is 0 Å². The van der Waals surface area contributed by atoms with Crippen molar-refractivity contribution in [3.8, 4) is 0 Å². The third-order valence-electron chi connectivity index (χ3n) is 5.41. The van der Waals surface area contributed by atoms with Gasteiger partial charge in [0.15, 0.2) is 0 Å². The SMILES string of the molecule is Cc1ccc(CN(Cc2ccc(F)cc2)C(=O)CN(Cc2ccco2)C(=O)c2ccc(F)cc2)s1. The fraction of sp³-hybridized carbons (Fsp3) is 0.185. The number of thiophene rings is 1. The Hall–Kier alpha value is -3.78. The summed E-state index contributed by atoms with van der Waals surface area (Å²) in [5.41, 5.74) is 1.04. The molecule has 0 spiro atoms. The maximum Gasteiger partial charge on any atom is 0.254 e. The van der Waals surface area contributed by atoms with Crippen LogP contribution < -0.4 is 0 Å². The highest BCUT2D eigenvalue weighted by atomic mass is 32.1. The first-order valence-corrected chi connectivity index (χ1v) is 11.8. The van der Waals surface area contributed by atoms with E-state index in [-0.39, 0.29) is 36.9 Å². The number of furan rings is 1. The van der Waals surface area contributed by atoms with Gasteiger partial charge in [-0.2, -0.15) is 0 Å². The zero-order chi connectivity index (χ0) is 24.8. The molecule has 0 atom stereocenters. The number of benzene rings is 2. The summed E-state index contributed by atoms with van der Waals surface area (Å²) >= 11 is 1.59. The van der Waals surface area contributed by atoms with Crippen LogP contribution in [0.5, 0.6) is 0 Å². The first-order valence-electron chi connectivity index (χ1n) is 11.0. The second-order valence-corrected chi connectivity index (χ2v) is 9.51. The van der Waals surface area contributed by atoms with Crippen LogP contribution in [0.4, 0.5) is 8.78 Å². The summed E-state index contributed by atoms with van der Waals surface area (Å²) < 4.78 is 32.2. The summed E-state index contributed by atoms with van der Waals surface area (Å²) in [5, 5.41) is 0. The molecule has 2 aromatic carbocycles. The smallest absolute Gasteiger partial charge is 0.254 e. The van der Waals surface area contributed by atoms with Crippen LogP contribution in [-0.4, -0.2) is 28.2 Å². The molecule has 0 aliphatic rings. The highest BCUT2D eigenvalue weighted by Gasteiger charge is 2.24. The maximum atomic E-state index is 13.5. The minimum atomic E-state index is -0.452. The third kappa shape index (κ3) is 6.64.